The van der Waals surface area contributed by atoms with E-state index in [0.29, 0.717) is 5.92 Å². The predicted molar refractivity (Wildman–Crippen MR) is 82.1 cm³/mol. The van der Waals surface area contributed by atoms with Gasteiger partial charge >= 0.3 is 0 Å². The van der Waals surface area contributed by atoms with Crippen LogP contribution in [0.1, 0.15) is 17.2 Å². The molecule has 0 radical (unpaired) electrons. The number of thioether (sulfide) groups is 1. The van der Waals surface area contributed by atoms with E-state index in [2.05, 4.69) is 46.8 Å². The average molecular weight is 287 g/mol. The molecule has 0 aromatic heterocycles. The molecule has 0 spiro atoms. The molecule has 0 fully saturated rings. The quantitative estimate of drug-likeness (QED) is 0.512. The number of carbonyl (C=O) groups excluding carboxylic acids is 1. The van der Waals surface area contributed by atoms with Crippen molar-refractivity contribution in [3.05, 3.63) is 60.2 Å². The lowest BCUT2D eigenvalue weighted by atomic mass is 9.92. The Bertz CT molecular complexity index is 525. The number of rotatable bonds is 5. The van der Waals surface area contributed by atoms with Crippen LogP contribution < -0.4 is 5.84 Å². The van der Waals surface area contributed by atoms with Gasteiger partial charge in [-0.3, -0.25) is 4.79 Å². The van der Waals surface area contributed by atoms with Crippen LogP contribution in [0.25, 0.3) is 0 Å². The minimum absolute atomic E-state index is 0.231. The summed E-state index contributed by atoms with van der Waals surface area (Å²) in [5, 5.41) is 6.61. The first-order valence-electron chi connectivity index (χ1n) is 6.45. The van der Waals surface area contributed by atoms with E-state index in [4.69, 9.17) is 5.84 Å². The number of nitrogens with zero attached hydrogens (tertiary/aromatic N) is 2. The first kappa shape index (κ1) is 14.5. The van der Waals surface area contributed by atoms with Gasteiger partial charge in [-0.1, -0.05) is 65.0 Å². The van der Waals surface area contributed by atoms with E-state index < -0.39 is 0 Å². The highest BCUT2D eigenvalue weighted by Crippen LogP contribution is 2.39. The molecule has 1 aromatic carbocycles. The zero-order chi connectivity index (χ0) is 14.2. The molecule has 1 aliphatic carbocycles. The molecule has 2 atom stereocenters. The van der Waals surface area contributed by atoms with Gasteiger partial charge in [0, 0.05) is 5.25 Å². The normalized spacial score (nSPS) is 19.3. The number of carbonyl (C=O) groups is 1. The fourth-order valence-corrected chi connectivity index (χ4v) is 3.37. The third kappa shape index (κ3) is 4.06. The van der Waals surface area contributed by atoms with Gasteiger partial charge in [-0.25, -0.2) is 0 Å². The molecule has 0 bridgehead atoms. The van der Waals surface area contributed by atoms with Gasteiger partial charge in [0.2, 0.25) is 0 Å². The zero-order valence-electron chi connectivity index (χ0n) is 11.1. The van der Waals surface area contributed by atoms with E-state index in [-0.39, 0.29) is 16.9 Å². The zero-order valence-corrected chi connectivity index (χ0v) is 11.9. The molecule has 0 aliphatic heterocycles. The largest absolute Gasteiger partial charge is 0.304 e. The summed E-state index contributed by atoms with van der Waals surface area (Å²) in [5.41, 5.74) is 1.22. The van der Waals surface area contributed by atoms with Crippen molar-refractivity contribution in [2.75, 3.05) is 5.75 Å². The van der Waals surface area contributed by atoms with Crippen LogP contribution in [0, 0.1) is 5.92 Å². The highest BCUT2D eigenvalue weighted by Gasteiger charge is 2.22. The third-order valence-electron chi connectivity index (χ3n) is 3.09. The monoisotopic (exact) mass is 287 g/mol. The van der Waals surface area contributed by atoms with E-state index in [9.17, 15) is 4.79 Å². The van der Waals surface area contributed by atoms with Crippen molar-refractivity contribution in [3.8, 4) is 0 Å². The molecule has 1 amide bonds. The van der Waals surface area contributed by atoms with Crippen LogP contribution >= 0.6 is 11.8 Å². The van der Waals surface area contributed by atoms with Crippen LogP contribution in [-0.2, 0) is 4.79 Å². The molecule has 1 aromatic rings. The van der Waals surface area contributed by atoms with E-state index >= 15 is 0 Å². The van der Waals surface area contributed by atoms with Crippen LogP contribution in [0.4, 0.5) is 0 Å². The Balaban J connectivity index is 2.10. The number of benzene rings is 1. The highest BCUT2D eigenvalue weighted by atomic mass is 32.2. The smallest absolute Gasteiger partial charge is 0.276 e. The van der Waals surface area contributed by atoms with Gasteiger partial charge in [0.15, 0.2) is 0 Å². The summed E-state index contributed by atoms with van der Waals surface area (Å²) in [6.07, 6.45) is 9.45. The van der Waals surface area contributed by atoms with Crippen molar-refractivity contribution in [1.29, 1.82) is 0 Å². The first-order chi connectivity index (χ1) is 9.81. The van der Waals surface area contributed by atoms with Crippen molar-refractivity contribution in [3.63, 3.8) is 0 Å². The molecule has 20 heavy (non-hydrogen) atoms. The van der Waals surface area contributed by atoms with Gasteiger partial charge in [0.1, 0.15) is 0 Å². The molecule has 0 saturated carbocycles. The number of amides is 1. The second-order valence-electron chi connectivity index (χ2n) is 4.46. The van der Waals surface area contributed by atoms with Crippen LogP contribution in [-0.4, -0.2) is 11.7 Å². The lowest BCUT2D eigenvalue weighted by Crippen LogP contribution is -2.11. The molecule has 2 rings (SSSR count). The van der Waals surface area contributed by atoms with Crippen LogP contribution in [0.2, 0.25) is 0 Å². The van der Waals surface area contributed by atoms with Crippen LogP contribution in [0.3, 0.4) is 0 Å². The summed E-state index contributed by atoms with van der Waals surface area (Å²) in [5.74, 6) is 5.27. The van der Waals surface area contributed by atoms with Gasteiger partial charge in [-0.15, -0.1) is 11.8 Å². The highest BCUT2D eigenvalue weighted by molar-refractivity contribution is 8.00. The summed E-state index contributed by atoms with van der Waals surface area (Å²) in [6.45, 7) is 0. The second kappa shape index (κ2) is 7.65. The Labute approximate surface area is 122 Å². The van der Waals surface area contributed by atoms with Crippen molar-refractivity contribution in [2.45, 2.75) is 11.7 Å². The molecule has 4 nitrogen and oxygen atoms in total. The Kier molecular flexibility index (Phi) is 5.55. The standard InChI is InChI=1S/C15H17N3OS/c16-18-17-14(19)11-20-15(12-7-3-1-4-8-12)13-9-5-2-6-10-13/h1-9,13,15H,10-11H2,(H2,16,17,19). The van der Waals surface area contributed by atoms with Crippen LogP contribution in [0.15, 0.2) is 65.0 Å². The van der Waals surface area contributed by atoms with Gasteiger partial charge < -0.3 is 5.84 Å². The molecular weight excluding hydrogens is 270 g/mol. The Hall–Kier alpha value is -1.88. The molecule has 2 N–H and O–H groups in total. The summed E-state index contributed by atoms with van der Waals surface area (Å²) in [4.78, 5) is 11.5. The van der Waals surface area contributed by atoms with Crippen molar-refractivity contribution in [1.82, 2.24) is 0 Å². The lowest BCUT2D eigenvalue weighted by molar-refractivity contribution is -0.115. The molecule has 0 heterocycles. The number of nitrogens with two attached hydrogens (primary N) is 1. The minimum Gasteiger partial charge on any atom is -0.304 e. The summed E-state index contributed by atoms with van der Waals surface area (Å²) < 4.78 is 0. The maximum absolute atomic E-state index is 11.5. The second-order valence-corrected chi connectivity index (χ2v) is 5.59. The van der Waals surface area contributed by atoms with E-state index in [1.807, 2.05) is 18.2 Å². The summed E-state index contributed by atoms with van der Waals surface area (Å²) in [7, 11) is 0. The van der Waals surface area contributed by atoms with Crippen LogP contribution in [0.5, 0.6) is 0 Å². The topological polar surface area (TPSA) is 67.8 Å². The fraction of sp³-hybridized carbons (Fsp3) is 0.267. The SMILES string of the molecule is NN=NC(=O)CSC(c1ccccc1)C1C=CC=CC1. The van der Waals surface area contributed by atoms with Crippen molar-refractivity contribution in [2.24, 2.45) is 22.1 Å². The average Bonchev–Trinajstić information content (AvgIpc) is 2.50. The van der Waals surface area contributed by atoms with Gasteiger partial charge in [-0.05, 0) is 17.9 Å². The number of hydrogen-bond donors (Lipinski definition) is 1. The molecule has 1 aliphatic rings. The molecule has 104 valence electrons. The predicted octanol–water partition coefficient (Wildman–Crippen LogP) is 3.45. The maximum Gasteiger partial charge on any atom is 0.276 e. The third-order valence-corrected chi connectivity index (χ3v) is 4.48. The van der Waals surface area contributed by atoms with Crippen molar-refractivity contribution >= 4 is 17.7 Å². The minimum atomic E-state index is -0.297. The Morgan fingerprint density at radius 1 is 1.35 bits per heavy atom. The van der Waals surface area contributed by atoms with Gasteiger partial charge in [-0.2, -0.15) is 0 Å². The molecular formula is C15H17N3OS. The maximum atomic E-state index is 11.5. The number of allylic oxidation sites excluding steroid dienone is 4. The molecule has 2 unspecified atom stereocenters. The number of hydrogen-bond acceptors (Lipinski definition) is 3. The van der Waals surface area contributed by atoms with E-state index in [1.54, 1.807) is 11.8 Å². The summed E-state index contributed by atoms with van der Waals surface area (Å²) in [6, 6.07) is 10.2. The van der Waals surface area contributed by atoms with Gasteiger partial charge in [0.25, 0.3) is 5.91 Å². The van der Waals surface area contributed by atoms with E-state index in [0.717, 1.165) is 6.42 Å². The first-order valence-corrected chi connectivity index (χ1v) is 7.50. The molecule has 0 saturated heterocycles. The Morgan fingerprint density at radius 3 is 2.80 bits per heavy atom. The Morgan fingerprint density at radius 2 is 2.15 bits per heavy atom. The summed E-state index contributed by atoms with van der Waals surface area (Å²) >= 11 is 1.59. The molecule has 5 heteroatoms. The lowest BCUT2D eigenvalue weighted by Gasteiger charge is -2.24. The fourth-order valence-electron chi connectivity index (χ4n) is 2.19. The van der Waals surface area contributed by atoms with Crippen molar-refractivity contribution < 1.29 is 4.79 Å². The van der Waals surface area contributed by atoms with E-state index in [1.165, 1.54) is 5.56 Å². The van der Waals surface area contributed by atoms with Gasteiger partial charge in [0.05, 0.1) is 5.75 Å².